The first-order chi connectivity index (χ1) is 8.20. The molecule has 0 aromatic carbocycles. The third kappa shape index (κ3) is 2.83. The van der Waals surface area contributed by atoms with Crippen molar-refractivity contribution < 1.29 is 19.8 Å². The highest BCUT2D eigenvalue weighted by Gasteiger charge is 2.44. The maximum absolute atomic E-state index is 12.4. The lowest BCUT2D eigenvalue weighted by Crippen LogP contribution is -2.50. The van der Waals surface area contributed by atoms with Crippen LogP contribution in [0, 0.1) is 17.8 Å². The van der Waals surface area contributed by atoms with E-state index >= 15 is 0 Å². The van der Waals surface area contributed by atoms with Gasteiger partial charge in [0.25, 0.3) is 0 Å². The van der Waals surface area contributed by atoms with Gasteiger partial charge in [-0.05, 0) is 32.6 Å². The molecule has 0 heterocycles. The molecule has 5 heteroatoms. The molecule has 3 atom stereocenters. The summed E-state index contributed by atoms with van der Waals surface area (Å²) in [7, 11) is 1.63. The number of carbonyl (C=O) groups excluding carboxylic acids is 1. The summed E-state index contributed by atoms with van der Waals surface area (Å²) in [5.74, 6) is -1.87. The average Bonchev–Trinajstić information content (AvgIpc) is 2.69. The third-order valence-electron chi connectivity index (χ3n) is 4.06. The van der Waals surface area contributed by atoms with Gasteiger partial charge in [-0.2, -0.15) is 0 Å². The zero-order valence-electron chi connectivity index (χ0n) is 11.5. The molecule has 2 N–H and O–H groups in total. The van der Waals surface area contributed by atoms with Gasteiger partial charge >= 0.3 is 5.97 Å². The van der Waals surface area contributed by atoms with Gasteiger partial charge in [0.05, 0.1) is 24.0 Å². The predicted octanol–water partition coefficient (Wildman–Crippen LogP) is 0.963. The monoisotopic (exact) mass is 257 g/mol. The van der Waals surface area contributed by atoms with Crippen LogP contribution in [-0.2, 0) is 9.59 Å². The standard InChI is InChI=1S/C13H23NO4/c1-8-5-9(10(6-8)12(17)18)11(16)14(4)13(2,3)7-15/h8-10,15H,5-7H2,1-4H3,(H,17,18). The molecule has 0 radical (unpaired) electrons. The van der Waals surface area contributed by atoms with Gasteiger partial charge in [-0.15, -0.1) is 0 Å². The van der Waals surface area contributed by atoms with Gasteiger partial charge in [0.2, 0.25) is 5.91 Å². The topological polar surface area (TPSA) is 77.8 Å². The van der Waals surface area contributed by atoms with Crippen molar-refractivity contribution in [2.45, 2.75) is 39.2 Å². The number of hydrogen-bond acceptors (Lipinski definition) is 3. The molecular formula is C13H23NO4. The fraction of sp³-hybridized carbons (Fsp3) is 0.846. The summed E-state index contributed by atoms with van der Waals surface area (Å²) in [6, 6.07) is 0. The summed E-state index contributed by atoms with van der Waals surface area (Å²) in [6.45, 7) is 5.35. The van der Waals surface area contributed by atoms with Crippen LogP contribution in [-0.4, -0.2) is 46.2 Å². The average molecular weight is 257 g/mol. The van der Waals surface area contributed by atoms with Crippen molar-refractivity contribution in [3.63, 3.8) is 0 Å². The molecule has 1 aliphatic rings. The zero-order valence-corrected chi connectivity index (χ0v) is 11.5. The fourth-order valence-electron chi connectivity index (χ4n) is 2.49. The number of carboxylic acids is 1. The zero-order chi connectivity index (χ0) is 14.1. The number of likely N-dealkylation sites (N-methyl/N-ethyl adjacent to an activating group) is 1. The van der Waals surface area contributed by atoms with E-state index in [0.717, 1.165) is 0 Å². The lowest BCUT2D eigenvalue weighted by molar-refractivity contribution is -0.151. The maximum Gasteiger partial charge on any atom is 0.307 e. The van der Waals surface area contributed by atoms with Crippen LogP contribution in [0.1, 0.15) is 33.6 Å². The predicted molar refractivity (Wildman–Crippen MR) is 66.9 cm³/mol. The second kappa shape index (κ2) is 5.26. The van der Waals surface area contributed by atoms with Crippen molar-refractivity contribution in [3.05, 3.63) is 0 Å². The molecule has 1 amide bonds. The number of hydrogen-bond donors (Lipinski definition) is 2. The molecule has 1 fully saturated rings. The fourth-order valence-corrected chi connectivity index (χ4v) is 2.49. The van der Waals surface area contributed by atoms with Gasteiger partial charge in [-0.25, -0.2) is 0 Å². The number of carboxylic acid groups (broad SMARTS) is 1. The van der Waals surface area contributed by atoms with Crippen molar-refractivity contribution in [2.24, 2.45) is 17.8 Å². The molecule has 3 unspecified atom stereocenters. The normalized spacial score (nSPS) is 28.2. The summed E-state index contributed by atoms with van der Waals surface area (Å²) < 4.78 is 0. The van der Waals surface area contributed by atoms with Crippen molar-refractivity contribution in [3.8, 4) is 0 Å². The number of rotatable bonds is 4. The van der Waals surface area contributed by atoms with Crippen LogP contribution in [0.25, 0.3) is 0 Å². The number of carbonyl (C=O) groups is 2. The van der Waals surface area contributed by atoms with Gasteiger partial charge in [-0.3, -0.25) is 9.59 Å². The Bertz CT molecular complexity index is 340. The molecule has 0 saturated heterocycles. The number of amides is 1. The Hall–Kier alpha value is -1.10. The van der Waals surface area contributed by atoms with Crippen LogP contribution in [0.5, 0.6) is 0 Å². The highest BCUT2D eigenvalue weighted by Crippen LogP contribution is 2.38. The van der Waals surface area contributed by atoms with Gasteiger partial charge in [0, 0.05) is 7.05 Å². The molecule has 0 aliphatic heterocycles. The van der Waals surface area contributed by atoms with Crippen LogP contribution < -0.4 is 0 Å². The minimum atomic E-state index is -0.895. The Morgan fingerprint density at radius 1 is 1.28 bits per heavy atom. The van der Waals surface area contributed by atoms with Crippen LogP contribution >= 0.6 is 0 Å². The second-order valence-electron chi connectivity index (χ2n) is 6.00. The molecule has 5 nitrogen and oxygen atoms in total. The molecule has 18 heavy (non-hydrogen) atoms. The molecule has 1 aliphatic carbocycles. The van der Waals surface area contributed by atoms with E-state index in [1.807, 2.05) is 6.92 Å². The summed E-state index contributed by atoms with van der Waals surface area (Å²) >= 11 is 0. The second-order valence-corrected chi connectivity index (χ2v) is 6.00. The minimum absolute atomic E-state index is 0.144. The van der Waals surface area contributed by atoms with Gasteiger partial charge in [0.15, 0.2) is 0 Å². The van der Waals surface area contributed by atoms with Crippen LogP contribution in [0.3, 0.4) is 0 Å². The van der Waals surface area contributed by atoms with E-state index in [2.05, 4.69) is 0 Å². The molecule has 1 saturated carbocycles. The summed E-state index contributed by atoms with van der Waals surface area (Å²) in [5, 5.41) is 18.4. The summed E-state index contributed by atoms with van der Waals surface area (Å²) in [4.78, 5) is 25.0. The molecule has 0 aromatic heterocycles. The highest BCUT2D eigenvalue weighted by molar-refractivity contribution is 5.85. The lowest BCUT2D eigenvalue weighted by Gasteiger charge is -2.36. The molecule has 0 bridgehead atoms. The lowest BCUT2D eigenvalue weighted by atomic mass is 9.92. The Balaban J connectivity index is 2.86. The minimum Gasteiger partial charge on any atom is -0.481 e. The Morgan fingerprint density at radius 2 is 1.78 bits per heavy atom. The first kappa shape index (κ1) is 15.0. The Morgan fingerprint density at radius 3 is 2.22 bits per heavy atom. The number of aliphatic carboxylic acids is 1. The van der Waals surface area contributed by atoms with E-state index in [9.17, 15) is 19.8 Å². The van der Waals surface area contributed by atoms with E-state index in [1.165, 1.54) is 4.90 Å². The number of aliphatic hydroxyl groups is 1. The molecule has 104 valence electrons. The van der Waals surface area contributed by atoms with Crippen LogP contribution in [0.15, 0.2) is 0 Å². The van der Waals surface area contributed by atoms with E-state index in [-0.39, 0.29) is 18.4 Å². The smallest absolute Gasteiger partial charge is 0.307 e. The van der Waals surface area contributed by atoms with Crippen molar-refractivity contribution in [1.82, 2.24) is 4.90 Å². The first-order valence-corrected chi connectivity index (χ1v) is 6.32. The number of aliphatic hydroxyl groups excluding tert-OH is 1. The van der Waals surface area contributed by atoms with Gasteiger partial charge in [0.1, 0.15) is 0 Å². The quantitative estimate of drug-likeness (QED) is 0.786. The molecule has 1 rings (SSSR count). The SMILES string of the molecule is CC1CC(C(=O)O)C(C(=O)N(C)C(C)(C)CO)C1. The van der Waals surface area contributed by atoms with Crippen LogP contribution in [0.2, 0.25) is 0 Å². The van der Waals surface area contributed by atoms with Crippen molar-refractivity contribution in [1.29, 1.82) is 0 Å². The van der Waals surface area contributed by atoms with E-state index in [0.29, 0.717) is 12.8 Å². The molecule has 0 aromatic rings. The summed E-state index contributed by atoms with van der Waals surface area (Å²) in [6.07, 6.45) is 1.17. The van der Waals surface area contributed by atoms with E-state index < -0.39 is 23.3 Å². The number of nitrogens with zero attached hydrogens (tertiary/aromatic N) is 1. The van der Waals surface area contributed by atoms with Crippen LogP contribution in [0.4, 0.5) is 0 Å². The largest absolute Gasteiger partial charge is 0.481 e. The highest BCUT2D eigenvalue weighted by atomic mass is 16.4. The Kier molecular flexibility index (Phi) is 4.37. The van der Waals surface area contributed by atoms with E-state index in [1.54, 1.807) is 20.9 Å². The first-order valence-electron chi connectivity index (χ1n) is 6.32. The van der Waals surface area contributed by atoms with Crippen molar-refractivity contribution >= 4 is 11.9 Å². The third-order valence-corrected chi connectivity index (χ3v) is 4.06. The Labute approximate surface area is 108 Å². The van der Waals surface area contributed by atoms with Crippen molar-refractivity contribution in [2.75, 3.05) is 13.7 Å². The maximum atomic E-state index is 12.4. The summed E-state index contributed by atoms with van der Waals surface area (Å²) in [5.41, 5.74) is -0.661. The van der Waals surface area contributed by atoms with Gasteiger partial charge in [-0.1, -0.05) is 6.92 Å². The van der Waals surface area contributed by atoms with E-state index in [4.69, 9.17) is 0 Å². The molecule has 0 spiro atoms. The molecular weight excluding hydrogens is 234 g/mol. The van der Waals surface area contributed by atoms with Gasteiger partial charge < -0.3 is 15.1 Å².